The molecule has 1 aliphatic heterocycles. The molecule has 2 aromatic carbocycles. The summed E-state index contributed by atoms with van der Waals surface area (Å²) in [6, 6.07) is 13.5. The quantitative estimate of drug-likeness (QED) is 0.156. The van der Waals surface area contributed by atoms with Gasteiger partial charge in [0.25, 0.3) is 0 Å². The first kappa shape index (κ1) is 26.0. The van der Waals surface area contributed by atoms with Gasteiger partial charge >= 0.3 is 0 Å². The maximum Gasteiger partial charge on any atom is 0.241 e. The number of nitrogens with two attached hydrogens (primary N) is 2. The van der Waals surface area contributed by atoms with Crippen LogP contribution in [0.3, 0.4) is 0 Å². The number of rotatable bonds is 10. The third-order valence-corrected chi connectivity index (χ3v) is 6.89. The summed E-state index contributed by atoms with van der Waals surface area (Å²) in [6.07, 6.45) is 0.913. The van der Waals surface area contributed by atoms with Crippen LogP contribution in [0.15, 0.2) is 58.6 Å². The van der Waals surface area contributed by atoms with E-state index in [0.717, 1.165) is 16.7 Å². The monoisotopic (exact) mass is 502 g/mol. The van der Waals surface area contributed by atoms with Crippen LogP contribution in [0.5, 0.6) is 0 Å². The van der Waals surface area contributed by atoms with E-state index in [1.54, 1.807) is 12.1 Å². The highest BCUT2D eigenvalue weighted by Gasteiger charge is 2.33. The average molecular weight is 503 g/mol. The van der Waals surface area contributed by atoms with Crippen molar-refractivity contribution in [3.63, 3.8) is 0 Å². The Morgan fingerprint density at radius 3 is 2.37 bits per heavy atom. The SMILES string of the molecule is Cc1ccc(-c2ccc(S(=O)(=O)N[C@H]3CCCN(CC(=O)NCCON=C(N)N)C3=O)cc2)cc1. The number of guanidine groups is 1. The summed E-state index contributed by atoms with van der Waals surface area (Å²) >= 11 is 0. The molecular formula is C23H30N6O5S. The summed E-state index contributed by atoms with van der Waals surface area (Å²) in [4.78, 5) is 31.2. The van der Waals surface area contributed by atoms with E-state index in [0.29, 0.717) is 19.4 Å². The van der Waals surface area contributed by atoms with Crippen molar-refractivity contribution in [1.82, 2.24) is 14.9 Å². The van der Waals surface area contributed by atoms with Gasteiger partial charge in [0.05, 0.1) is 18.0 Å². The molecule has 0 unspecified atom stereocenters. The lowest BCUT2D eigenvalue weighted by Gasteiger charge is -2.32. The van der Waals surface area contributed by atoms with Crippen molar-refractivity contribution in [1.29, 1.82) is 0 Å². The zero-order valence-electron chi connectivity index (χ0n) is 19.4. The molecule has 1 aliphatic rings. The molecule has 2 aromatic rings. The van der Waals surface area contributed by atoms with Crippen LogP contribution in [0.4, 0.5) is 0 Å². The Balaban J connectivity index is 1.56. The molecule has 6 N–H and O–H groups in total. The Bertz CT molecular complexity index is 1160. The third kappa shape index (κ3) is 7.42. The van der Waals surface area contributed by atoms with Gasteiger partial charge in [-0.3, -0.25) is 9.59 Å². The van der Waals surface area contributed by atoms with Crippen molar-refractivity contribution in [2.24, 2.45) is 16.6 Å². The lowest BCUT2D eigenvalue weighted by molar-refractivity contribution is -0.139. The van der Waals surface area contributed by atoms with Gasteiger partial charge in [-0.2, -0.15) is 4.72 Å². The smallest absolute Gasteiger partial charge is 0.241 e. The standard InChI is InChI=1S/C23H30N6O5S/c1-16-4-6-17(7-5-16)18-8-10-19(11-9-18)35(32,33)28-20-3-2-13-29(22(20)31)15-21(30)26-12-14-34-27-23(24)25/h4-11,20,28H,2-3,12-15H2,1H3,(H,26,30)(H4,24,25,27)/t20-/m0/s1. The van der Waals surface area contributed by atoms with Crippen molar-refractivity contribution in [2.45, 2.75) is 30.7 Å². The van der Waals surface area contributed by atoms with Crippen LogP contribution in [0.1, 0.15) is 18.4 Å². The zero-order valence-corrected chi connectivity index (χ0v) is 20.3. The molecule has 0 radical (unpaired) electrons. The molecule has 0 bridgehead atoms. The minimum atomic E-state index is -3.93. The van der Waals surface area contributed by atoms with Crippen LogP contribution in [-0.4, -0.2) is 63.4 Å². The topological polar surface area (TPSA) is 169 Å². The second-order valence-corrected chi connectivity index (χ2v) is 9.88. The van der Waals surface area contributed by atoms with Gasteiger partial charge in [0.2, 0.25) is 27.8 Å². The Kier molecular flexibility index (Phi) is 8.66. The molecule has 1 atom stereocenters. The highest BCUT2D eigenvalue weighted by Crippen LogP contribution is 2.22. The van der Waals surface area contributed by atoms with Gasteiger partial charge in [-0.05, 0) is 48.2 Å². The fourth-order valence-electron chi connectivity index (χ4n) is 3.62. The fourth-order valence-corrected chi connectivity index (χ4v) is 4.84. The molecule has 1 fully saturated rings. The average Bonchev–Trinajstić information content (AvgIpc) is 2.82. The van der Waals surface area contributed by atoms with Gasteiger partial charge in [-0.15, -0.1) is 0 Å². The molecule has 0 aromatic heterocycles. The molecule has 35 heavy (non-hydrogen) atoms. The number of carbonyl (C=O) groups excluding carboxylic acids is 2. The van der Waals surface area contributed by atoms with Gasteiger partial charge in [0, 0.05) is 6.54 Å². The molecule has 12 heteroatoms. The fraction of sp³-hybridized carbons (Fsp3) is 0.348. The molecule has 3 rings (SSSR count). The van der Waals surface area contributed by atoms with E-state index >= 15 is 0 Å². The number of nitrogens with one attached hydrogen (secondary N) is 2. The molecule has 0 spiro atoms. The maximum atomic E-state index is 12.9. The van der Waals surface area contributed by atoms with E-state index in [-0.39, 0.29) is 30.6 Å². The van der Waals surface area contributed by atoms with Crippen molar-refractivity contribution in [2.75, 3.05) is 26.2 Å². The predicted octanol–water partition coefficient (Wildman–Crippen LogP) is 0.253. The number of sulfonamides is 1. The number of carbonyl (C=O) groups is 2. The van der Waals surface area contributed by atoms with E-state index in [2.05, 4.69) is 15.2 Å². The third-order valence-electron chi connectivity index (χ3n) is 5.40. The van der Waals surface area contributed by atoms with Gasteiger partial charge in [-0.25, -0.2) is 8.42 Å². The van der Waals surface area contributed by atoms with Gasteiger partial charge in [0.15, 0.2) is 0 Å². The predicted molar refractivity (Wildman–Crippen MR) is 131 cm³/mol. The van der Waals surface area contributed by atoms with E-state index in [9.17, 15) is 18.0 Å². The van der Waals surface area contributed by atoms with E-state index in [1.165, 1.54) is 17.0 Å². The van der Waals surface area contributed by atoms with Crippen LogP contribution in [0, 0.1) is 6.92 Å². The first-order chi connectivity index (χ1) is 16.7. The van der Waals surface area contributed by atoms with Gasteiger partial charge in [0.1, 0.15) is 12.6 Å². The first-order valence-electron chi connectivity index (χ1n) is 11.1. The Labute approximate surface area is 204 Å². The first-order valence-corrected chi connectivity index (χ1v) is 12.6. The Morgan fingerprint density at radius 1 is 1.11 bits per heavy atom. The number of oxime groups is 1. The number of aryl methyl sites for hydroxylation is 1. The number of hydrogen-bond acceptors (Lipinski definition) is 6. The summed E-state index contributed by atoms with van der Waals surface area (Å²) in [5, 5.41) is 5.92. The highest BCUT2D eigenvalue weighted by atomic mass is 32.2. The molecule has 0 saturated carbocycles. The minimum Gasteiger partial charge on any atom is -0.391 e. The number of hydrogen-bond donors (Lipinski definition) is 4. The Morgan fingerprint density at radius 2 is 1.74 bits per heavy atom. The summed E-state index contributed by atoms with van der Waals surface area (Å²) in [6.45, 7) is 2.37. The molecule has 2 amide bonds. The van der Waals surface area contributed by atoms with Crippen LogP contribution in [0.2, 0.25) is 0 Å². The second kappa shape index (κ2) is 11.7. The van der Waals surface area contributed by atoms with Crippen molar-refractivity contribution >= 4 is 27.8 Å². The number of likely N-dealkylation sites (tertiary alicyclic amines) is 1. The van der Waals surface area contributed by atoms with Crippen LogP contribution in [0.25, 0.3) is 11.1 Å². The summed E-state index contributed by atoms with van der Waals surface area (Å²) in [5.41, 5.74) is 13.3. The molecule has 0 aliphatic carbocycles. The second-order valence-electron chi connectivity index (χ2n) is 8.17. The number of amides is 2. The molecular weight excluding hydrogens is 472 g/mol. The molecule has 1 saturated heterocycles. The lowest BCUT2D eigenvalue weighted by Crippen LogP contribution is -2.54. The molecule has 188 valence electrons. The summed E-state index contributed by atoms with van der Waals surface area (Å²) in [5.74, 6) is -1.07. The maximum absolute atomic E-state index is 12.9. The van der Waals surface area contributed by atoms with Crippen molar-refractivity contribution in [3.05, 3.63) is 54.1 Å². The molecule has 1 heterocycles. The van der Waals surface area contributed by atoms with Crippen molar-refractivity contribution in [3.8, 4) is 11.1 Å². The number of piperidine rings is 1. The largest absolute Gasteiger partial charge is 0.391 e. The lowest BCUT2D eigenvalue weighted by atomic mass is 10.0. The van der Waals surface area contributed by atoms with E-state index in [4.69, 9.17) is 16.3 Å². The van der Waals surface area contributed by atoms with Crippen LogP contribution in [-0.2, 0) is 24.4 Å². The van der Waals surface area contributed by atoms with Crippen LogP contribution >= 0.6 is 0 Å². The Hall–Kier alpha value is -3.64. The highest BCUT2D eigenvalue weighted by molar-refractivity contribution is 7.89. The molecule has 11 nitrogen and oxygen atoms in total. The van der Waals surface area contributed by atoms with Gasteiger partial charge in [-0.1, -0.05) is 42.0 Å². The minimum absolute atomic E-state index is 0.0582. The normalized spacial score (nSPS) is 16.0. The van der Waals surface area contributed by atoms with Crippen LogP contribution < -0.4 is 21.5 Å². The van der Waals surface area contributed by atoms with E-state index < -0.39 is 27.9 Å². The van der Waals surface area contributed by atoms with Gasteiger partial charge < -0.3 is 26.5 Å². The van der Waals surface area contributed by atoms with Crippen molar-refractivity contribution < 1.29 is 22.8 Å². The summed E-state index contributed by atoms with van der Waals surface area (Å²) < 4.78 is 28.3. The zero-order chi connectivity index (χ0) is 25.4. The number of benzene rings is 2. The number of nitrogens with zero attached hydrogens (tertiary/aromatic N) is 2. The summed E-state index contributed by atoms with van der Waals surface area (Å²) in [7, 11) is -3.93. The van der Waals surface area contributed by atoms with E-state index in [1.807, 2.05) is 31.2 Å².